The minimum Gasteiger partial charge on any atom is -0.490 e. The summed E-state index contributed by atoms with van der Waals surface area (Å²) in [6, 6.07) is 5.59. The summed E-state index contributed by atoms with van der Waals surface area (Å²) < 4.78 is 11.6. The number of hydrogen-bond acceptors (Lipinski definition) is 3. The van der Waals surface area contributed by atoms with E-state index in [0.717, 1.165) is 25.7 Å². The zero-order valence-electron chi connectivity index (χ0n) is 14.2. The molecule has 2 saturated heterocycles. The second-order valence-electron chi connectivity index (χ2n) is 7.59. The molecule has 2 aliphatic rings. The van der Waals surface area contributed by atoms with Crippen molar-refractivity contribution in [3.63, 3.8) is 0 Å². The van der Waals surface area contributed by atoms with Crippen LogP contribution >= 0.6 is 23.2 Å². The number of fused-ring (bicyclic) bond motifs is 2. The molecule has 132 valence electrons. The predicted octanol–water partition coefficient (Wildman–Crippen LogP) is 5.30. The van der Waals surface area contributed by atoms with E-state index in [1.165, 1.54) is 0 Å². The van der Waals surface area contributed by atoms with E-state index >= 15 is 0 Å². The van der Waals surface area contributed by atoms with Crippen molar-refractivity contribution in [3.8, 4) is 5.75 Å². The van der Waals surface area contributed by atoms with Gasteiger partial charge >= 0.3 is 6.09 Å². The number of amides is 1. The van der Waals surface area contributed by atoms with Gasteiger partial charge in [0.1, 0.15) is 17.5 Å². The molecule has 2 unspecified atom stereocenters. The Morgan fingerprint density at radius 1 is 1.08 bits per heavy atom. The van der Waals surface area contributed by atoms with Crippen molar-refractivity contribution in [2.45, 2.75) is 70.2 Å². The summed E-state index contributed by atoms with van der Waals surface area (Å²) in [5, 5.41) is 1.12. The normalized spacial score (nSPS) is 26.4. The summed E-state index contributed by atoms with van der Waals surface area (Å²) in [7, 11) is 0. The van der Waals surface area contributed by atoms with Crippen molar-refractivity contribution in [2.75, 3.05) is 0 Å². The lowest BCUT2D eigenvalue weighted by atomic mass is 10.00. The minimum atomic E-state index is -0.471. The van der Waals surface area contributed by atoms with Crippen LogP contribution in [0.1, 0.15) is 46.5 Å². The first-order valence-electron chi connectivity index (χ1n) is 8.35. The van der Waals surface area contributed by atoms with E-state index in [2.05, 4.69) is 0 Å². The second-order valence-corrected chi connectivity index (χ2v) is 8.46. The van der Waals surface area contributed by atoms with Crippen molar-refractivity contribution < 1.29 is 14.3 Å². The highest BCUT2D eigenvalue weighted by Gasteiger charge is 2.45. The van der Waals surface area contributed by atoms with Gasteiger partial charge in [-0.1, -0.05) is 23.2 Å². The Morgan fingerprint density at radius 3 is 2.12 bits per heavy atom. The van der Waals surface area contributed by atoms with Crippen molar-refractivity contribution in [3.05, 3.63) is 28.2 Å². The maximum absolute atomic E-state index is 12.5. The van der Waals surface area contributed by atoms with Crippen molar-refractivity contribution in [1.29, 1.82) is 0 Å². The van der Waals surface area contributed by atoms with Gasteiger partial charge < -0.3 is 14.4 Å². The summed E-state index contributed by atoms with van der Waals surface area (Å²) in [5.74, 6) is 0.683. The average Bonchev–Trinajstić information content (AvgIpc) is 2.68. The summed E-state index contributed by atoms with van der Waals surface area (Å²) in [6.45, 7) is 5.68. The van der Waals surface area contributed by atoms with Crippen LogP contribution in [0.25, 0.3) is 0 Å². The Hall–Kier alpha value is -1.13. The highest BCUT2D eigenvalue weighted by Crippen LogP contribution is 2.38. The summed E-state index contributed by atoms with van der Waals surface area (Å²) in [6.07, 6.45) is 3.47. The summed E-state index contributed by atoms with van der Waals surface area (Å²) >= 11 is 12.1. The molecule has 0 aromatic heterocycles. The monoisotopic (exact) mass is 371 g/mol. The van der Waals surface area contributed by atoms with Gasteiger partial charge in [0.2, 0.25) is 0 Å². The van der Waals surface area contributed by atoms with E-state index in [1.54, 1.807) is 18.2 Å². The molecule has 1 aromatic carbocycles. The molecule has 0 aliphatic carbocycles. The number of ether oxygens (including phenoxy) is 2. The molecule has 1 aromatic rings. The second kappa shape index (κ2) is 6.64. The van der Waals surface area contributed by atoms with E-state index in [4.69, 9.17) is 32.7 Å². The highest BCUT2D eigenvalue weighted by atomic mass is 35.5. The van der Waals surface area contributed by atoms with E-state index in [9.17, 15) is 4.79 Å². The lowest BCUT2D eigenvalue weighted by Gasteiger charge is -2.39. The number of halogens is 2. The number of carbonyl (C=O) groups excluding carboxylic acids is 1. The van der Waals surface area contributed by atoms with Gasteiger partial charge in [0, 0.05) is 35.0 Å². The molecule has 0 N–H and O–H groups in total. The molecule has 2 bridgehead atoms. The fourth-order valence-electron chi connectivity index (χ4n) is 3.63. The standard InChI is InChI=1S/C18H23Cl2NO3/c1-18(2,3)24-17(22)21-13-4-5-14(21)10-16(9-13)23-15-7-11(19)6-12(20)8-15/h6-8,13-14,16H,4-5,9-10H2,1-3H3/t13-,14?,16?/m0/s1. The van der Waals surface area contributed by atoms with Gasteiger partial charge in [0.05, 0.1) is 0 Å². The van der Waals surface area contributed by atoms with Crippen LogP contribution < -0.4 is 4.74 Å². The predicted molar refractivity (Wildman–Crippen MR) is 95.0 cm³/mol. The van der Waals surface area contributed by atoms with Crippen molar-refractivity contribution in [2.24, 2.45) is 0 Å². The molecule has 6 heteroatoms. The third kappa shape index (κ3) is 4.09. The van der Waals surface area contributed by atoms with Crippen LogP contribution in [-0.2, 0) is 4.74 Å². The molecule has 0 saturated carbocycles. The lowest BCUT2D eigenvalue weighted by molar-refractivity contribution is -0.00706. The molecule has 2 heterocycles. The largest absolute Gasteiger partial charge is 0.490 e. The first-order valence-corrected chi connectivity index (χ1v) is 9.11. The first-order chi connectivity index (χ1) is 11.2. The first kappa shape index (κ1) is 17.7. The zero-order chi connectivity index (χ0) is 17.5. The molecule has 0 spiro atoms. The lowest BCUT2D eigenvalue weighted by Crippen LogP contribution is -2.50. The number of nitrogens with zero attached hydrogens (tertiary/aromatic N) is 1. The van der Waals surface area contributed by atoms with Gasteiger partial charge in [-0.2, -0.15) is 0 Å². The molecule has 1 amide bonds. The smallest absolute Gasteiger partial charge is 0.410 e. The molecule has 2 fully saturated rings. The highest BCUT2D eigenvalue weighted by molar-refractivity contribution is 6.34. The maximum Gasteiger partial charge on any atom is 0.410 e. The molecule has 3 rings (SSSR count). The third-order valence-electron chi connectivity index (χ3n) is 4.43. The molecular weight excluding hydrogens is 349 g/mol. The van der Waals surface area contributed by atoms with Gasteiger partial charge in [0.25, 0.3) is 0 Å². The Kier molecular flexibility index (Phi) is 4.89. The number of rotatable bonds is 2. The van der Waals surface area contributed by atoms with Crippen LogP contribution in [0.3, 0.4) is 0 Å². The Balaban J connectivity index is 1.65. The molecular formula is C18H23Cl2NO3. The van der Waals surface area contributed by atoms with Crippen LogP contribution in [0.4, 0.5) is 4.79 Å². The Bertz CT molecular complexity index is 595. The summed E-state index contributed by atoms with van der Waals surface area (Å²) in [4.78, 5) is 14.4. The minimum absolute atomic E-state index is 0.0655. The van der Waals surface area contributed by atoms with Crippen LogP contribution in [-0.4, -0.2) is 34.8 Å². The SMILES string of the molecule is CC(C)(C)OC(=O)N1C2CC[C@H]1CC(Oc1cc(Cl)cc(Cl)c1)C2. The quantitative estimate of drug-likeness (QED) is 0.707. The number of carbonyl (C=O) groups is 1. The molecule has 0 radical (unpaired) electrons. The molecule has 4 nitrogen and oxygen atoms in total. The van der Waals surface area contributed by atoms with Crippen LogP contribution in [0.2, 0.25) is 10.0 Å². The van der Waals surface area contributed by atoms with E-state index in [-0.39, 0.29) is 24.3 Å². The number of hydrogen-bond donors (Lipinski definition) is 0. The number of benzene rings is 1. The fraction of sp³-hybridized carbons (Fsp3) is 0.611. The van der Waals surface area contributed by atoms with E-state index in [0.29, 0.717) is 15.8 Å². The average molecular weight is 372 g/mol. The Labute approximate surface area is 153 Å². The summed E-state index contributed by atoms with van der Waals surface area (Å²) in [5.41, 5.74) is -0.471. The van der Waals surface area contributed by atoms with Gasteiger partial charge in [-0.3, -0.25) is 0 Å². The third-order valence-corrected chi connectivity index (χ3v) is 4.87. The molecule has 24 heavy (non-hydrogen) atoms. The number of piperidine rings is 1. The van der Waals surface area contributed by atoms with Gasteiger partial charge in [-0.25, -0.2) is 4.79 Å². The fourth-order valence-corrected chi connectivity index (χ4v) is 4.13. The van der Waals surface area contributed by atoms with Gasteiger partial charge in [0.15, 0.2) is 0 Å². The Morgan fingerprint density at radius 2 is 1.62 bits per heavy atom. The van der Waals surface area contributed by atoms with E-state index in [1.807, 2.05) is 25.7 Å². The maximum atomic E-state index is 12.5. The van der Waals surface area contributed by atoms with Crippen molar-refractivity contribution >= 4 is 29.3 Å². The van der Waals surface area contributed by atoms with Gasteiger partial charge in [-0.05, 0) is 51.8 Å². The van der Waals surface area contributed by atoms with Gasteiger partial charge in [-0.15, -0.1) is 0 Å². The van der Waals surface area contributed by atoms with Crippen LogP contribution in [0.5, 0.6) is 5.75 Å². The van der Waals surface area contributed by atoms with Crippen LogP contribution in [0.15, 0.2) is 18.2 Å². The topological polar surface area (TPSA) is 38.8 Å². The zero-order valence-corrected chi connectivity index (χ0v) is 15.7. The molecule has 2 aliphatic heterocycles. The van der Waals surface area contributed by atoms with Crippen molar-refractivity contribution in [1.82, 2.24) is 4.90 Å². The van der Waals surface area contributed by atoms with E-state index < -0.39 is 5.60 Å². The van der Waals surface area contributed by atoms with Crippen LogP contribution in [0, 0.1) is 0 Å². The molecule has 3 atom stereocenters.